The van der Waals surface area contributed by atoms with Gasteiger partial charge >= 0.3 is 6.36 Å². The summed E-state index contributed by atoms with van der Waals surface area (Å²) in [5.74, 6) is -0.174. The van der Waals surface area contributed by atoms with Crippen LogP contribution in [0.1, 0.15) is 21.2 Å². The Morgan fingerprint density at radius 3 is 2.52 bits per heavy atom. The Morgan fingerprint density at radius 1 is 1.33 bits per heavy atom. The average molecular weight is 317 g/mol. The topological polar surface area (TPSA) is 64.1 Å². The van der Waals surface area contributed by atoms with Crippen LogP contribution in [0.2, 0.25) is 0 Å². The minimum Gasteiger partial charge on any atom is -0.406 e. The lowest BCUT2D eigenvalue weighted by Crippen LogP contribution is -2.22. The fourth-order valence-corrected chi connectivity index (χ4v) is 2.04. The molecule has 1 aromatic carbocycles. The fraction of sp³-hybridized carbons (Fsp3) is 0.250. The summed E-state index contributed by atoms with van der Waals surface area (Å²) in [6.07, 6.45) is -4.72. The molecule has 5 nitrogen and oxygen atoms in total. The molecule has 21 heavy (non-hydrogen) atoms. The van der Waals surface area contributed by atoms with Gasteiger partial charge in [-0.2, -0.15) is 4.37 Å². The van der Waals surface area contributed by atoms with Crippen LogP contribution in [0, 0.1) is 6.92 Å². The predicted octanol–water partition coefficient (Wildman–Crippen LogP) is 2.68. The van der Waals surface area contributed by atoms with Gasteiger partial charge in [0.2, 0.25) is 5.01 Å². The molecule has 1 aromatic heterocycles. The van der Waals surface area contributed by atoms with E-state index in [1.165, 1.54) is 24.3 Å². The maximum atomic E-state index is 12.0. The van der Waals surface area contributed by atoms with Crippen molar-refractivity contribution in [1.82, 2.24) is 14.7 Å². The number of ether oxygens (including phenoxy) is 1. The first-order valence-corrected chi connectivity index (χ1v) is 6.54. The van der Waals surface area contributed by atoms with Crippen LogP contribution >= 0.6 is 11.5 Å². The van der Waals surface area contributed by atoms with Gasteiger partial charge in [-0.15, -0.1) is 13.2 Å². The molecule has 9 heteroatoms. The Balaban J connectivity index is 1.90. The summed E-state index contributed by atoms with van der Waals surface area (Å²) in [5, 5.41) is 2.84. The molecular weight excluding hydrogens is 307 g/mol. The Morgan fingerprint density at radius 2 is 2.00 bits per heavy atom. The Bertz CT molecular complexity index is 625. The number of rotatable bonds is 4. The third-order valence-corrected chi connectivity index (χ3v) is 3.14. The number of hydrogen-bond donors (Lipinski definition) is 1. The Labute approximate surface area is 121 Å². The predicted molar refractivity (Wildman–Crippen MR) is 68.9 cm³/mol. The molecule has 2 aromatic rings. The van der Waals surface area contributed by atoms with Gasteiger partial charge in [0.05, 0.1) is 0 Å². The van der Waals surface area contributed by atoms with E-state index >= 15 is 0 Å². The normalized spacial score (nSPS) is 11.2. The lowest BCUT2D eigenvalue weighted by molar-refractivity contribution is -0.274. The lowest BCUT2D eigenvalue weighted by atomic mass is 10.2. The molecule has 0 aliphatic heterocycles. The first-order chi connectivity index (χ1) is 9.83. The molecule has 0 atom stereocenters. The van der Waals surface area contributed by atoms with Crippen LogP contribution in [0.5, 0.6) is 5.75 Å². The second-order valence-corrected chi connectivity index (χ2v) is 4.77. The number of halogens is 3. The molecule has 0 saturated carbocycles. The van der Waals surface area contributed by atoms with Crippen LogP contribution in [0.15, 0.2) is 24.3 Å². The van der Waals surface area contributed by atoms with Crippen LogP contribution in [0.3, 0.4) is 0 Å². The molecule has 1 N–H and O–H groups in total. The van der Waals surface area contributed by atoms with Crippen molar-refractivity contribution in [2.24, 2.45) is 0 Å². The molecular formula is C12H10F3N3O2S. The molecule has 0 spiro atoms. The molecule has 0 saturated heterocycles. The molecule has 0 radical (unpaired) electrons. The van der Waals surface area contributed by atoms with Crippen molar-refractivity contribution in [1.29, 1.82) is 0 Å². The number of aromatic nitrogens is 2. The molecule has 1 amide bonds. The molecule has 0 unspecified atom stereocenters. The van der Waals surface area contributed by atoms with E-state index in [9.17, 15) is 18.0 Å². The summed E-state index contributed by atoms with van der Waals surface area (Å²) in [7, 11) is 0. The summed E-state index contributed by atoms with van der Waals surface area (Å²) in [5.41, 5.74) is 0.638. The zero-order valence-electron chi connectivity index (χ0n) is 10.8. The van der Waals surface area contributed by atoms with Crippen LogP contribution in [0.25, 0.3) is 0 Å². The van der Waals surface area contributed by atoms with Crippen molar-refractivity contribution in [3.8, 4) is 5.75 Å². The number of amides is 1. The third-order valence-electron chi connectivity index (χ3n) is 2.33. The van der Waals surface area contributed by atoms with Gasteiger partial charge in [-0.05, 0) is 36.2 Å². The van der Waals surface area contributed by atoms with Crippen LogP contribution in [0.4, 0.5) is 13.2 Å². The van der Waals surface area contributed by atoms with Gasteiger partial charge in [-0.1, -0.05) is 12.1 Å². The van der Waals surface area contributed by atoms with E-state index in [1.54, 1.807) is 6.92 Å². The molecule has 1 heterocycles. The number of nitrogens with zero attached hydrogens (tertiary/aromatic N) is 2. The number of nitrogens with one attached hydrogen (secondary N) is 1. The number of alkyl halides is 3. The SMILES string of the molecule is Cc1nsc(C(=O)NCc2ccc(OC(F)(F)F)cc2)n1. The lowest BCUT2D eigenvalue weighted by Gasteiger charge is -2.09. The van der Waals surface area contributed by atoms with E-state index in [0.717, 1.165) is 11.5 Å². The van der Waals surface area contributed by atoms with Crippen LogP contribution in [-0.4, -0.2) is 21.6 Å². The van der Waals surface area contributed by atoms with Crippen LogP contribution < -0.4 is 10.1 Å². The average Bonchev–Trinajstić information content (AvgIpc) is 2.82. The van der Waals surface area contributed by atoms with Crippen molar-refractivity contribution < 1.29 is 22.7 Å². The van der Waals surface area contributed by atoms with E-state index in [0.29, 0.717) is 11.4 Å². The molecule has 0 bridgehead atoms. The zero-order chi connectivity index (χ0) is 15.5. The highest BCUT2D eigenvalue weighted by Gasteiger charge is 2.30. The quantitative estimate of drug-likeness (QED) is 0.941. The van der Waals surface area contributed by atoms with Gasteiger partial charge in [0.1, 0.15) is 11.6 Å². The standard InChI is InChI=1S/C12H10F3N3O2S/c1-7-17-11(21-18-7)10(19)16-6-8-2-4-9(5-3-8)20-12(13,14)15/h2-5H,6H2,1H3,(H,16,19). The second kappa shape index (κ2) is 6.08. The molecule has 0 aliphatic rings. The van der Waals surface area contributed by atoms with Crippen molar-refractivity contribution in [3.05, 3.63) is 40.7 Å². The molecule has 2 rings (SSSR count). The van der Waals surface area contributed by atoms with E-state index in [4.69, 9.17) is 0 Å². The van der Waals surface area contributed by atoms with Gasteiger partial charge < -0.3 is 10.1 Å². The highest BCUT2D eigenvalue weighted by atomic mass is 32.1. The maximum absolute atomic E-state index is 12.0. The first kappa shape index (κ1) is 15.2. The van der Waals surface area contributed by atoms with Gasteiger partial charge in [-0.25, -0.2) is 4.98 Å². The fourth-order valence-electron chi connectivity index (χ4n) is 1.46. The second-order valence-electron chi connectivity index (χ2n) is 4.02. The van der Waals surface area contributed by atoms with E-state index in [2.05, 4.69) is 19.4 Å². The molecule has 112 valence electrons. The number of aryl methyl sites for hydroxylation is 1. The third kappa shape index (κ3) is 4.71. The summed E-state index contributed by atoms with van der Waals surface area (Å²) in [6.45, 7) is 1.84. The highest BCUT2D eigenvalue weighted by Crippen LogP contribution is 2.22. The van der Waals surface area contributed by atoms with E-state index < -0.39 is 6.36 Å². The largest absolute Gasteiger partial charge is 0.573 e. The first-order valence-electron chi connectivity index (χ1n) is 5.77. The number of hydrogen-bond acceptors (Lipinski definition) is 5. The van der Waals surface area contributed by atoms with Crippen molar-refractivity contribution in [3.63, 3.8) is 0 Å². The van der Waals surface area contributed by atoms with Gasteiger partial charge in [0, 0.05) is 6.54 Å². The Hall–Kier alpha value is -2.16. The van der Waals surface area contributed by atoms with Crippen molar-refractivity contribution in [2.75, 3.05) is 0 Å². The maximum Gasteiger partial charge on any atom is 0.573 e. The summed E-state index contributed by atoms with van der Waals surface area (Å²) in [4.78, 5) is 15.6. The zero-order valence-corrected chi connectivity index (χ0v) is 11.6. The van der Waals surface area contributed by atoms with Crippen molar-refractivity contribution >= 4 is 17.4 Å². The number of carbonyl (C=O) groups is 1. The van der Waals surface area contributed by atoms with Gasteiger partial charge in [0.25, 0.3) is 5.91 Å². The number of carbonyl (C=O) groups excluding carboxylic acids is 1. The van der Waals surface area contributed by atoms with Gasteiger partial charge in [0.15, 0.2) is 0 Å². The van der Waals surface area contributed by atoms with Crippen LogP contribution in [-0.2, 0) is 6.54 Å². The highest BCUT2D eigenvalue weighted by molar-refractivity contribution is 7.07. The van der Waals surface area contributed by atoms with Crippen molar-refractivity contribution in [2.45, 2.75) is 19.8 Å². The smallest absolute Gasteiger partial charge is 0.406 e. The summed E-state index contributed by atoms with van der Waals surface area (Å²) < 4.78 is 43.6. The van der Waals surface area contributed by atoms with E-state index in [1.807, 2.05) is 0 Å². The summed E-state index contributed by atoms with van der Waals surface area (Å²) >= 11 is 0.983. The van der Waals surface area contributed by atoms with E-state index in [-0.39, 0.29) is 23.2 Å². The monoisotopic (exact) mass is 317 g/mol. The molecule has 0 aliphatic carbocycles. The molecule has 0 fully saturated rings. The minimum atomic E-state index is -4.72. The Kier molecular flexibility index (Phi) is 4.41. The summed E-state index contributed by atoms with van der Waals surface area (Å²) in [6, 6.07) is 5.24. The number of benzene rings is 1. The van der Waals surface area contributed by atoms with Gasteiger partial charge in [-0.3, -0.25) is 4.79 Å². The minimum absolute atomic E-state index is 0.170.